The van der Waals surface area contributed by atoms with Crippen LogP contribution in [0.3, 0.4) is 0 Å². The van der Waals surface area contributed by atoms with Crippen molar-refractivity contribution in [2.75, 3.05) is 13.7 Å². The first kappa shape index (κ1) is 40.9. The minimum atomic E-state index is -1.47. The van der Waals surface area contributed by atoms with Crippen molar-refractivity contribution >= 4 is 23.6 Å². The number of aliphatic hydroxyl groups is 1. The lowest BCUT2D eigenvalue weighted by molar-refractivity contribution is -0.138. The van der Waals surface area contributed by atoms with Gasteiger partial charge in [-0.3, -0.25) is 19.2 Å². The second-order valence-electron chi connectivity index (χ2n) is 13.8. The summed E-state index contributed by atoms with van der Waals surface area (Å²) in [5, 5.41) is 22.8. The first-order valence-corrected chi connectivity index (χ1v) is 17.9. The van der Waals surface area contributed by atoms with Gasteiger partial charge in [-0.1, -0.05) is 80.9 Å². The summed E-state index contributed by atoms with van der Waals surface area (Å²) in [5.41, 5.74) is 1.80. The molecule has 7 atom stereocenters. The summed E-state index contributed by atoms with van der Waals surface area (Å²) >= 11 is 0. The lowest BCUT2D eigenvalue weighted by Gasteiger charge is -2.30. The highest BCUT2D eigenvalue weighted by Crippen LogP contribution is 2.33. The second-order valence-corrected chi connectivity index (χ2v) is 13.8. The molecule has 0 bridgehead atoms. The van der Waals surface area contributed by atoms with Gasteiger partial charge in [0, 0.05) is 50.1 Å². The third-order valence-corrected chi connectivity index (χ3v) is 9.49. The number of carbonyl (C=O) groups is 4. The van der Waals surface area contributed by atoms with E-state index in [1.165, 1.54) is 7.11 Å². The molecule has 1 aliphatic carbocycles. The average molecular weight is 737 g/mol. The summed E-state index contributed by atoms with van der Waals surface area (Å²) in [6.07, 6.45) is -1.53. The number of benzene rings is 3. The van der Waals surface area contributed by atoms with E-state index in [9.17, 15) is 33.1 Å². The molecule has 0 aliphatic heterocycles. The van der Waals surface area contributed by atoms with E-state index >= 15 is 0 Å². The van der Waals surface area contributed by atoms with Crippen LogP contribution >= 0.6 is 0 Å². The molecule has 0 heterocycles. The van der Waals surface area contributed by atoms with Crippen LogP contribution in [0.4, 0.5) is 8.78 Å². The number of amides is 4. The quantitative estimate of drug-likeness (QED) is 0.130. The number of halogens is 2. The Labute approximate surface area is 309 Å². The largest absolute Gasteiger partial charge is 0.491 e. The molecule has 2 unspecified atom stereocenters. The predicted octanol–water partition coefficient (Wildman–Crippen LogP) is 4.35. The molecule has 4 rings (SSSR count). The van der Waals surface area contributed by atoms with E-state index < -0.39 is 72.1 Å². The number of methoxy groups -OCH3 is 1. The van der Waals surface area contributed by atoms with Crippen molar-refractivity contribution in [2.45, 2.75) is 83.3 Å². The monoisotopic (exact) mass is 736 g/mol. The van der Waals surface area contributed by atoms with Gasteiger partial charge in [-0.2, -0.15) is 0 Å². The van der Waals surface area contributed by atoms with Crippen molar-refractivity contribution in [1.82, 2.24) is 21.3 Å². The third kappa shape index (κ3) is 12.1. The molecule has 0 saturated heterocycles. The van der Waals surface area contributed by atoms with Gasteiger partial charge in [0.1, 0.15) is 36.1 Å². The van der Waals surface area contributed by atoms with Crippen LogP contribution in [0, 0.1) is 29.4 Å². The number of nitrogens with one attached hydrogen (secondary N) is 4. The normalized spacial score (nSPS) is 18.3. The molecule has 286 valence electrons. The zero-order valence-electron chi connectivity index (χ0n) is 30.5. The summed E-state index contributed by atoms with van der Waals surface area (Å²) in [4.78, 5) is 53.7. The van der Waals surface area contributed by atoms with E-state index in [2.05, 4.69) is 21.3 Å². The molecular formula is C40H50F2N4O7. The van der Waals surface area contributed by atoms with Crippen molar-refractivity contribution in [3.63, 3.8) is 0 Å². The molecule has 1 aliphatic rings. The maximum Gasteiger partial charge on any atom is 0.249 e. The minimum absolute atomic E-state index is 0.177. The summed E-state index contributed by atoms with van der Waals surface area (Å²) in [7, 11) is 1.27. The Morgan fingerprint density at radius 3 is 1.98 bits per heavy atom. The molecule has 0 radical (unpaired) electrons. The van der Waals surface area contributed by atoms with Crippen molar-refractivity contribution < 1.29 is 42.5 Å². The second kappa shape index (κ2) is 19.8. The van der Waals surface area contributed by atoms with Crippen LogP contribution in [-0.2, 0) is 30.5 Å². The standard InChI is InChI=1S/C40H50F2N4O7/c1-24(2)36(40(51)43-22-26-12-7-5-8-13-26)46-39(50)35(52-4)21-34(47)33(23-53-30-19-28(41)18-29(42)20-30)45-38(49)32-17-11-16-31(32)37(48)44-25(3)27-14-9-6-10-15-27/h5-10,12-15,18-20,24-25,31-36,47H,11,16-17,21-23H2,1-4H3,(H,43,51)(H,44,48)(H,45,49)(H,46,50)/t25-,31?,32?,33-,34-,35+,36-/m0/s1. The zero-order valence-corrected chi connectivity index (χ0v) is 30.5. The molecule has 1 fully saturated rings. The average Bonchev–Trinajstić information content (AvgIpc) is 3.64. The zero-order chi connectivity index (χ0) is 38.5. The van der Waals surface area contributed by atoms with Crippen LogP contribution in [0.1, 0.15) is 63.6 Å². The number of rotatable bonds is 18. The van der Waals surface area contributed by atoms with E-state index in [-0.39, 0.29) is 36.6 Å². The smallest absolute Gasteiger partial charge is 0.249 e. The summed E-state index contributed by atoms with van der Waals surface area (Å²) in [6, 6.07) is 18.9. The van der Waals surface area contributed by atoms with Gasteiger partial charge in [0.25, 0.3) is 0 Å². The molecule has 1 saturated carbocycles. The highest BCUT2D eigenvalue weighted by atomic mass is 19.1. The molecule has 13 heteroatoms. The van der Waals surface area contributed by atoms with Gasteiger partial charge >= 0.3 is 0 Å². The number of aliphatic hydroxyl groups excluding tert-OH is 1. The maximum atomic E-state index is 13.9. The molecular weight excluding hydrogens is 686 g/mol. The predicted molar refractivity (Wildman–Crippen MR) is 194 cm³/mol. The van der Waals surface area contributed by atoms with E-state index in [1.807, 2.05) is 67.6 Å². The fourth-order valence-corrected chi connectivity index (χ4v) is 6.44. The van der Waals surface area contributed by atoms with Crippen molar-refractivity contribution in [3.8, 4) is 5.75 Å². The highest BCUT2D eigenvalue weighted by molar-refractivity contribution is 5.90. The summed E-state index contributed by atoms with van der Waals surface area (Å²) in [6.45, 7) is 5.25. The summed E-state index contributed by atoms with van der Waals surface area (Å²) < 4.78 is 38.9. The van der Waals surface area contributed by atoms with Crippen molar-refractivity contribution in [1.29, 1.82) is 0 Å². The van der Waals surface area contributed by atoms with E-state index in [0.29, 0.717) is 25.3 Å². The lowest BCUT2D eigenvalue weighted by Crippen LogP contribution is -2.54. The van der Waals surface area contributed by atoms with Gasteiger partial charge in [-0.15, -0.1) is 0 Å². The maximum absolute atomic E-state index is 13.9. The molecule has 11 nitrogen and oxygen atoms in total. The van der Waals surface area contributed by atoms with E-state index in [4.69, 9.17) is 9.47 Å². The number of hydrogen-bond acceptors (Lipinski definition) is 7. The topological polar surface area (TPSA) is 155 Å². The Balaban J connectivity index is 1.45. The SMILES string of the molecule is CO[C@H](C[C@H](O)[C@H](COc1cc(F)cc(F)c1)NC(=O)C1CCCC1C(=O)N[C@@H](C)c1ccccc1)C(=O)N[C@H](C(=O)NCc1ccccc1)C(C)C. The minimum Gasteiger partial charge on any atom is -0.491 e. The molecule has 4 amide bonds. The Morgan fingerprint density at radius 1 is 0.811 bits per heavy atom. The molecule has 53 heavy (non-hydrogen) atoms. The lowest BCUT2D eigenvalue weighted by atomic mass is 9.92. The van der Waals surface area contributed by atoms with Crippen LogP contribution in [0.5, 0.6) is 5.75 Å². The molecule has 3 aromatic rings. The van der Waals surface area contributed by atoms with Gasteiger partial charge in [0.15, 0.2) is 0 Å². The molecule has 3 aromatic carbocycles. The molecule has 5 N–H and O–H groups in total. The first-order valence-electron chi connectivity index (χ1n) is 17.9. The van der Waals surface area contributed by atoms with E-state index in [1.54, 1.807) is 13.8 Å². The van der Waals surface area contributed by atoms with Crippen LogP contribution in [-0.4, -0.2) is 66.7 Å². The summed E-state index contributed by atoms with van der Waals surface area (Å²) in [5.74, 6) is -5.44. The third-order valence-electron chi connectivity index (χ3n) is 9.49. The van der Waals surface area contributed by atoms with Crippen LogP contribution in [0.2, 0.25) is 0 Å². The Morgan fingerprint density at radius 2 is 1.40 bits per heavy atom. The molecule has 0 spiro atoms. The Kier molecular flexibility index (Phi) is 15.3. The van der Waals surface area contributed by atoms with Crippen molar-refractivity contribution in [2.24, 2.45) is 17.8 Å². The Bertz CT molecular complexity index is 1640. The van der Waals surface area contributed by atoms with Crippen LogP contribution < -0.4 is 26.0 Å². The fourth-order valence-electron chi connectivity index (χ4n) is 6.44. The number of carbonyl (C=O) groups excluding carboxylic acids is 4. The first-order chi connectivity index (χ1) is 25.4. The van der Waals surface area contributed by atoms with E-state index in [0.717, 1.165) is 23.3 Å². The van der Waals surface area contributed by atoms with Gasteiger partial charge in [0.05, 0.1) is 18.2 Å². The van der Waals surface area contributed by atoms with Crippen molar-refractivity contribution in [3.05, 3.63) is 102 Å². The van der Waals surface area contributed by atoms with Crippen LogP contribution in [0.15, 0.2) is 78.9 Å². The van der Waals surface area contributed by atoms with Gasteiger partial charge in [-0.05, 0) is 36.8 Å². The van der Waals surface area contributed by atoms with Gasteiger partial charge in [-0.25, -0.2) is 8.78 Å². The highest BCUT2D eigenvalue weighted by Gasteiger charge is 2.40. The van der Waals surface area contributed by atoms with Gasteiger partial charge in [0.2, 0.25) is 23.6 Å². The Hall–Kier alpha value is -4.88. The molecule has 0 aromatic heterocycles. The number of ether oxygens (including phenoxy) is 2. The fraction of sp³-hybridized carbons (Fsp3) is 0.450. The number of hydrogen-bond donors (Lipinski definition) is 5. The van der Waals surface area contributed by atoms with Crippen LogP contribution in [0.25, 0.3) is 0 Å². The van der Waals surface area contributed by atoms with Gasteiger partial charge < -0.3 is 35.8 Å².